The Kier molecular flexibility index (Phi) is 5.20. The van der Waals surface area contributed by atoms with Gasteiger partial charge in [0.05, 0.1) is 0 Å². The van der Waals surface area contributed by atoms with Gasteiger partial charge in [-0.05, 0) is 42.5 Å². The van der Waals surface area contributed by atoms with E-state index in [0.29, 0.717) is 16.4 Å². The molecular formula is C18H14ClFN4O. The van der Waals surface area contributed by atoms with Gasteiger partial charge in [0.1, 0.15) is 5.82 Å². The monoisotopic (exact) mass is 356 g/mol. The molecule has 0 spiro atoms. The second-order valence-electron chi connectivity index (χ2n) is 5.21. The average molecular weight is 357 g/mol. The largest absolute Gasteiger partial charge is 0.346 e. The number of hydrogen-bond acceptors (Lipinski definition) is 4. The molecule has 0 aliphatic rings. The Labute approximate surface area is 148 Å². The number of nitrogens with zero attached hydrogens (tertiary/aromatic N) is 2. The third-order valence-corrected chi connectivity index (χ3v) is 3.66. The first-order chi connectivity index (χ1) is 12.1. The van der Waals surface area contributed by atoms with Crippen LogP contribution >= 0.6 is 11.6 Å². The standard InChI is InChI=1S/C18H14ClFN4O/c19-13-5-7-14(8-6-13)22-17-10-9-16(23-24-17)18(25)21-11-12-3-1-2-4-15(12)20/h1-10H,11H2,(H,21,25)(H,22,24). The first kappa shape index (κ1) is 16.9. The maximum atomic E-state index is 13.5. The summed E-state index contributed by atoms with van der Waals surface area (Å²) < 4.78 is 13.5. The molecule has 0 fully saturated rings. The summed E-state index contributed by atoms with van der Waals surface area (Å²) in [4.78, 5) is 12.1. The number of amides is 1. The van der Waals surface area contributed by atoms with Crippen molar-refractivity contribution in [2.45, 2.75) is 6.54 Å². The van der Waals surface area contributed by atoms with E-state index in [4.69, 9.17) is 11.6 Å². The topological polar surface area (TPSA) is 66.9 Å². The molecule has 0 radical (unpaired) electrons. The van der Waals surface area contributed by atoms with E-state index in [0.717, 1.165) is 5.69 Å². The number of carbonyl (C=O) groups is 1. The second-order valence-corrected chi connectivity index (χ2v) is 5.65. The van der Waals surface area contributed by atoms with Gasteiger partial charge in [0.25, 0.3) is 5.91 Å². The highest BCUT2D eigenvalue weighted by Crippen LogP contribution is 2.17. The summed E-state index contributed by atoms with van der Waals surface area (Å²) in [6, 6.07) is 16.6. The maximum absolute atomic E-state index is 13.5. The molecule has 0 bridgehead atoms. The van der Waals surface area contributed by atoms with Crippen molar-refractivity contribution in [1.82, 2.24) is 15.5 Å². The van der Waals surface area contributed by atoms with Crippen molar-refractivity contribution in [3.05, 3.63) is 82.8 Å². The molecule has 25 heavy (non-hydrogen) atoms. The van der Waals surface area contributed by atoms with Crippen LogP contribution in [0.3, 0.4) is 0 Å². The van der Waals surface area contributed by atoms with E-state index in [2.05, 4.69) is 20.8 Å². The normalized spacial score (nSPS) is 10.3. The number of anilines is 2. The van der Waals surface area contributed by atoms with Gasteiger partial charge in [-0.25, -0.2) is 4.39 Å². The fourth-order valence-electron chi connectivity index (χ4n) is 2.11. The number of benzene rings is 2. The molecule has 5 nitrogen and oxygen atoms in total. The molecule has 0 atom stereocenters. The van der Waals surface area contributed by atoms with Crippen molar-refractivity contribution in [2.75, 3.05) is 5.32 Å². The quantitative estimate of drug-likeness (QED) is 0.726. The number of rotatable bonds is 5. The first-order valence-electron chi connectivity index (χ1n) is 7.50. The number of halogens is 2. The molecule has 126 valence electrons. The van der Waals surface area contributed by atoms with Crippen LogP contribution in [0.5, 0.6) is 0 Å². The molecule has 0 aliphatic carbocycles. The summed E-state index contributed by atoms with van der Waals surface area (Å²) in [5, 5.41) is 14.1. The van der Waals surface area contributed by atoms with Crippen molar-refractivity contribution in [1.29, 1.82) is 0 Å². The Bertz CT molecular complexity index is 869. The van der Waals surface area contributed by atoms with E-state index in [9.17, 15) is 9.18 Å². The predicted molar refractivity (Wildman–Crippen MR) is 94.3 cm³/mol. The smallest absolute Gasteiger partial charge is 0.272 e. The van der Waals surface area contributed by atoms with Gasteiger partial charge in [0, 0.05) is 22.8 Å². The average Bonchev–Trinajstić information content (AvgIpc) is 2.63. The highest BCUT2D eigenvalue weighted by molar-refractivity contribution is 6.30. The van der Waals surface area contributed by atoms with Gasteiger partial charge in [-0.2, -0.15) is 0 Å². The van der Waals surface area contributed by atoms with Gasteiger partial charge in [0.15, 0.2) is 11.5 Å². The number of carbonyl (C=O) groups excluding carboxylic acids is 1. The highest BCUT2D eigenvalue weighted by atomic mass is 35.5. The van der Waals surface area contributed by atoms with Crippen molar-refractivity contribution in [2.24, 2.45) is 0 Å². The minimum Gasteiger partial charge on any atom is -0.346 e. The van der Waals surface area contributed by atoms with E-state index >= 15 is 0 Å². The van der Waals surface area contributed by atoms with Crippen LogP contribution in [0.15, 0.2) is 60.7 Å². The van der Waals surface area contributed by atoms with Gasteiger partial charge in [-0.1, -0.05) is 29.8 Å². The van der Waals surface area contributed by atoms with E-state index in [1.807, 2.05) is 0 Å². The summed E-state index contributed by atoms with van der Waals surface area (Å²) in [7, 11) is 0. The second kappa shape index (κ2) is 7.72. The Balaban J connectivity index is 1.60. The number of hydrogen-bond donors (Lipinski definition) is 2. The Morgan fingerprint density at radius 1 is 1.00 bits per heavy atom. The molecule has 0 saturated carbocycles. The van der Waals surface area contributed by atoms with Crippen LogP contribution in [0.25, 0.3) is 0 Å². The highest BCUT2D eigenvalue weighted by Gasteiger charge is 2.09. The Morgan fingerprint density at radius 2 is 1.76 bits per heavy atom. The van der Waals surface area contributed by atoms with Crippen LogP contribution < -0.4 is 10.6 Å². The number of nitrogens with one attached hydrogen (secondary N) is 2. The molecule has 0 saturated heterocycles. The van der Waals surface area contributed by atoms with Gasteiger partial charge >= 0.3 is 0 Å². The molecule has 1 aromatic heterocycles. The van der Waals surface area contributed by atoms with Crippen molar-refractivity contribution < 1.29 is 9.18 Å². The zero-order chi connectivity index (χ0) is 17.6. The summed E-state index contributed by atoms with van der Waals surface area (Å²) in [5.41, 5.74) is 1.36. The third kappa shape index (κ3) is 4.51. The SMILES string of the molecule is O=C(NCc1ccccc1F)c1ccc(Nc2ccc(Cl)cc2)nn1. The first-order valence-corrected chi connectivity index (χ1v) is 7.87. The zero-order valence-corrected chi connectivity index (χ0v) is 13.8. The summed E-state index contributed by atoms with van der Waals surface area (Å²) in [6.07, 6.45) is 0. The fourth-order valence-corrected chi connectivity index (χ4v) is 2.23. The van der Waals surface area contributed by atoms with Crippen LogP contribution in [0, 0.1) is 5.82 Å². The lowest BCUT2D eigenvalue weighted by Gasteiger charge is -2.07. The summed E-state index contributed by atoms with van der Waals surface area (Å²) in [5.74, 6) is -0.293. The molecule has 1 heterocycles. The maximum Gasteiger partial charge on any atom is 0.272 e. The van der Waals surface area contributed by atoms with Crippen LogP contribution in [-0.2, 0) is 6.54 Å². The van der Waals surface area contributed by atoms with E-state index < -0.39 is 5.91 Å². The van der Waals surface area contributed by atoms with Crippen molar-refractivity contribution in [3.8, 4) is 0 Å². The van der Waals surface area contributed by atoms with Gasteiger partial charge < -0.3 is 10.6 Å². The van der Waals surface area contributed by atoms with E-state index in [-0.39, 0.29) is 18.1 Å². The van der Waals surface area contributed by atoms with Crippen LogP contribution in [0.4, 0.5) is 15.9 Å². The molecule has 3 aromatic rings. The van der Waals surface area contributed by atoms with Crippen molar-refractivity contribution >= 4 is 29.0 Å². The molecule has 2 aromatic carbocycles. The lowest BCUT2D eigenvalue weighted by Crippen LogP contribution is -2.24. The zero-order valence-electron chi connectivity index (χ0n) is 13.0. The van der Waals surface area contributed by atoms with Crippen molar-refractivity contribution in [3.63, 3.8) is 0 Å². The Hall–Kier alpha value is -2.99. The van der Waals surface area contributed by atoms with Gasteiger partial charge in [-0.3, -0.25) is 4.79 Å². The molecular weight excluding hydrogens is 343 g/mol. The van der Waals surface area contributed by atoms with Gasteiger partial charge in [-0.15, -0.1) is 10.2 Å². The Morgan fingerprint density at radius 3 is 2.44 bits per heavy atom. The molecule has 0 unspecified atom stereocenters. The molecule has 0 aliphatic heterocycles. The van der Waals surface area contributed by atoms with Crippen LogP contribution in [0.2, 0.25) is 5.02 Å². The molecule has 3 rings (SSSR count). The van der Waals surface area contributed by atoms with E-state index in [1.165, 1.54) is 6.07 Å². The summed E-state index contributed by atoms with van der Waals surface area (Å²) >= 11 is 5.83. The predicted octanol–water partition coefficient (Wildman–Crippen LogP) is 3.94. The number of aromatic nitrogens is 2. The lowest BCUT2D eigenvalue weighted by molar-refractivity contribution is 0.0944. The molecule has 7 heteroatoms. The van der Waals surface area contributed by atoms with E-state index in [1.54, 1.807) is 54.6 Å². The molecule has 1 amide bonds. The van der Waals surface area contributed by atoms with Crippen LogP contribution in [-0.4, -0.2) is 16.1 Å². The van der Waals surface area contributed by atoms with Gasteiger partial charge in [0.2, 0.25) is 0 Å². The third-order valence-electron chi connectivity index (χ3n) is 3.41. The summed E-state index contributed by atoms with van der Waals surface area (Å²) in [6.45, 7) is 0.0813. The minimum atomic E-state index is -0.422. The fraction of sp³-hybridized carbons (Fsp3) is 0.0556. The lowest BCUT2D eigenvalue weighted by atomic mass is 10.2. The minimum absolute atomic E-state index is 0.0813. The van der Waals surface area contributed by atoms with Crippen LogP contribution in [0.1, 0.15) is 16.1 Å². The molecule has 2 N–H and O–H groups in total.